The largest absolute Gasteiger partial charge is 0.481 e. The molecule has 2 rings (SSSR count). The minimum atomic E-state index is -1.03. The number of benzene rings is 1. The van der Waals surface area contributed by atoms with Crippen molar-refractivity contribution >= 4 is 17.6 Å². The van der Waals surface area contributed by atoms with E-state index in [2.05, 4.69) is 5.32 Å². The number of carboxylic acid groups (broad SMARTS) is 1. The van der Waals surface area contributed by atoms with Crippen LogP contribution in [0.4, 0.5) is 5.69 Å². The van der Waals surface area contributed by atoms with Crippen LogP contribution in [0.1, 0.15) is 10.4 Å². The van der Waals surface area contributed by atoms with E-state index in [1.165, 1.54) is 24.3 Å². The van der Waals surface area contributed by atoms with Crippen molar-refractivity contribution in [1.29, 1.82) is 0 Å². The van der Waals surface area contributed by atoms with Crippen molar-refractivity contribution < 1.29 is 24.4 Å². The lowest BCUT2D eigenvalue weighted by atomic mass is 10.0. The van der Waals surface area contributed by atoms with E-state index in [0.29, 0.717) is 0 Å². The van der Waals surface area contributed by atoms with Gasteiger partial charge in [-0.05, 0) is 12.1 Å². The molecule has 8 heteroatoms. The average molecular weight is 280 g/mol. The lowest BCUT2D eigenvalue weighted by Gasteiger charge is -2.15. The fraction of sp³-hybridized carbons (Fsp3) is 0.333. The molecule has 8 nitrogen and oxygen atoms in total. The molecule has 1 aromatic rings. The molecule has 0 radical (unpaired) electrons. The fourth-order valence-electron chi connectivity index (χ4n) is 1.93. The van der Waals surface area contributed by atoms with Crippen molar-refractivity contribution in [3.63, 3.8) is 0 Å². The Labute approximate surface area is 113 Å². The molecule has 0 bridgehead atoms. The van der Waals surface area contributed by atoms with Crippen LogP contribution < -0.4 is 5.32 Å². The van der Waals surface area contributed by atoms with Crippen LogP contribution in [0.25, 0.3) is 0 Å². The summed E-state index contributed by atoms with van der Waals surface area (Å²) in [5, 5.41) is 22.0. The molecule has 1 aliphatic heterocycles. The minimum absolute atomic E-state index is 0.0561. The zero-order valence-electron chi connectivity index (χ0n) is 10.3. The van der Waals surface area contributed by atoms with Crippen LogP contribution in [0.2, 0.25) is 0 Å². The van der Waals surface area contributed by atoms with Gasteiger partial charge in [0.2, 0.25) is 0 Å². The first-order valence-corrected chi connectivity index (χ1v) is 5.85. The second-order valence-electron chi connectivity index (χ2n) is 4.37. The van der Waals surface area contributed by atoms with Gasteiger partial charge in [0.05, 0.1) is 24.2 Å². The summed E-state index contributed by atoms with van der Waals surface area (Å²) in [6.07, 6.45) is 0. The van der Waals surface area contributed by atoms with Crippen LogP contribution in [-0.4, -0.2) is 41.2 Å². The van der Waals surface area contributed by atoms with Gasteiger partial charge >= 0.3 is 5.97 Å². The highest BCUT2D eigenvalue weighted by Crippen LogP contribution is 2.16. The molecule has 1 saturated heterocycles. The van der Waals surface area contributed by atoms with Gasteiger partial charge in [-0.3, -0.25) is 19.7 Å². The topological polar surface area (TPSA) is 119 Å². The van der Waals surface area contributed by atoms with Gasteiger partial charge in [-0.25, -0.2) is 0 Å². The predicted molar refractivity (Wildman–Crippen MR) is 66.3 cm³/mol. The second kappa shape index (κ2) is 5.66. The molecule has 2 unspecified atom stereocenters. The van der Waals surface area contributed by atoms with Gasteiger partial charge in [-0.1, -0.05) is 0 Å². The van der Waals surface area contributed by atoms with E-state index in [-0.39, 0.29) is 24.5 Å². The van der Waals surface area contributed by atoms with Crippen molar-refractivity contribution in [1.82, 2.24) is 5.32 Å². The number of aliphatic carboxylic acids is 1. The van der Waals surface area contributed by atoms with E-state index in [0.717, 1.165) is 0 Å². The van der Waals surface area contributed by atoms with Gasteiger partial charge in [0.15, 0.2) is 0 Å². The highest BCUT2D eigenvalue weighted by atomic mass is 16.6. The summed E-state index contributed by atoms with van der Waals surface area (Å²) in [7, 11) is 0. The molecule has 1 amide bonds. The number of carbonyl (C=O) groups is 2. The molecule has 106 valence electrons. The third-order valence-electron chi connectivity index (χ3n) is 3.05. The Hall–Kier alpha value is -2.48. The predicted octanol–water partition coefficient (Wildman–Crippen LogP) is 0.424. The quantitative estimate of drug-likeness (QED) is 0.609. The van der Waals surface area contributed by atoms with Crippen molar-refractivity contribution in [2.45, 2.75) is 6.04 Å². The molecule has 1 fully saturated rings. The van der Waals surface area contributed by atoms with Gasteiger partial charge in [-0.2, -0.15) is 0 Å². The first-order chi connectivity index (χ1) is 9.49. The Morgan fingerprint density at radius 1 is 1.30 bits per heavy atom. The molecule has 0 aliphatic carbocycles. The minimum Gasteiger partial charge on any atom is -0.481 e. The number of hydrogen-bond donors (Lipinski definition) is 2. The fourth-order valence-corrected chi connectivity index (χ4v) is 1.93. The molecule has 2 atom stereocenters. The SMILES string of the molecule is O=C(NC1COCC1C(=O)O)c1ccc([N+](=O)[O-])cc1. The van der Waals surface area contributed by atoms with E-state index in [1.807, 2.05) is 0 Å². The first kappa shape index (κ1) is 13.9. The number of carbonyl (C=O) groups excluding carboxylic acids is 1. The van der Waals surface area contributed by atoms with Crippen LogP contribution in [0.3, 0.4) is 0 Å². The number of nitro benzene ring substituents is 1. The molecule has 2 N–H and O–H groups in total. The van der Waals surface area contributed by atoms with Crippen molar-refractivity contribution in [2.75, 3.05) is 13.2 Å². The van der Waals surface area contributed by atoms with Gasteiger partial charge in [0, 0.05) is 17.7 Å². The molecular formula is C12H12N2O6. The Bertz CT molecular complexity index is 541. The van der Waals surface area contributed by atoms with Crippen LogP contribution >= 0.6 is 0 Å². The molecule has 0 spiro atoms. The molecule has 0 saturated carbocycles. The van der Waals surface area contributed by atoms with Gasteiger partial charge in [0.25, 0.3) is 11.6 Å². The molecule has 20 heavy (non-hydrogen) atoms. The summed E-state index contributed by atoms with van der Waals surface area (Å²) >= 11 is 0. The monoisotopic (exact) mass is 280 g/mol. The smallest absolute Gasteiger partial charge is 0.311 e. The number of rotatable bonds is 4. The summed E-state index contributed by atoms with van der Waals surface area (Å²) < 4.78 is 5.03. The number of amides is 1. The van der Waals surface area contributed by atoms with Gasteiger partial charge in [0.1, 0.15) is 5.92 Å². The average Bonchev–Trinajstić information content (AvgIpc) is 2.87. The third-order valence-corrected chi connectivity index (χ3v) is 3.05. The maximum absolute atomic E-state index is 11.9. The number of hydrogen-bond acceptors (Lipinski definition) is 5. The lowest BCUT2D eigenvalue weighted by Crippen LogP contribution is -2.42. The number of nitro groups is 1. The number of nitrogens with one attached hydrogen (secondary N) is 1. The molecule has 1 aliphatic rings. The van der Waals surface area contributed by atoms with Crippen LogP contribution in [0.15, 0.2) is 24.3 Å². The standard InChI is InChI=1S/C12H12N2O6/c15-11(7-1-3-8(4-2-7)14(18)19)13-10-6-20-5-9(10)12(16)17/h1-4,9-10H,5-6H2,(H,13,15)(H,16,17). The van der Waals surface area contributed by atoms with E-state index >= 15 is 0 Å². The van der Waals surface area contributed by atoms with E-state index in [4.69, 9.17) is 9.84 Å². The zero-order chi connectivity index (χ0) is 14.7. The van der Waals surface area contributed by atoms with Gasteiger partial charge < -0.3 is 15.2 Å². The summed E-state index contributed by atoms with van der Waals surface area (Å²) in [5.41, 5.74) is 0.112. The summed E-state index contributed by atoms with van der Waals surface area (Å²) in [6, 6.07) is 4.47. The van der Waals surface area contributed by atoms with Crippen molar-refractivity contribution in [3.8, 4) is 0 Å². The highest BCUT2D eigenvalue weighted by Gasteiger charge is 2.35. The maximum Gasteiger partial charge on any atom is 0.311 e. The van der Waals surface area contributed by atoms with Gasteiger partial charge in [-0.15, -0.1) is 0 Å². The van der Waals surface area contributed by atoms with Crippen LogP contribution in [0, 0.1) is 16.0 Å². The van der Waals surface area contributed by atoms with E-state index in [1.54, 1.807) is 0 Å². The number of nitrogens with zero attached hydrogens (tertiary/aromatic N) is 1. The summed E-state index contributed by atoms with van der Waals surface area (Å²) in [4.78, 5) is 32.8. The second-order valence-corrected chi connectivity index (χ2v) is 4.37. The summed E-state index contributed by atoms with van der Waals surface area (Å²) in [5.74, 6) is -2.30. The Morgan fingerprint density at radius 3 is 2.50 bits per heavy atom. The Morgan fingerprint density at radius 2 is 1.95 bits per heavy atom. The molecule has 1 heterocycles. The number of non-ortho nitro benzene ring substituents is 1. The molecule has 0 aromatic heterocycles. The van der Waals surface area contributed by atoms with Crippen LogP contribution in [0.5, 0.6) is 0 Å². The van der Waals surface area contributed by atoms with E-state index in [9.17, 15) is 19.7 Å². The zero-order valence-corrected chi connectivity index (χ0v) is 10.3. The Kier molecular flexibility index (Phi) is 3.94. The third kappa shape index (κ3) is 2.91. The molecule has 1 aromatic carbocycles. The summed E-state index contributed by atoms with van der Waals surface area (Å²) in [6.45, 7) is 0.191. The first-order valence-electron chi connectivity index (χ1n) is 5.85. The van der Waals surface area contributed by atoms with E-state index < -0.39 is 28.8 Å². The van der Waals surface area contributed by atoms with Crippen molar-refractivity contribution in [3.05, 3.63) is 39.9 Å². The lowest BCUT2D eigenvalue weighted by molar-refractivity contribution is -0.384. The van der Waals surface area contributed by atoms with Crippen LogP contribution in [-0.2, 0) is 9.53 Å². The normalized spacial score (nSPS) is 21.4. The number of carboxylic acids is 1. The Balaban J connectivity index is 2.04. The van der Waals surface area contributed by atoms with Crippen molar-refractivity contribution in [2.24, 2.45) is 5.92 Å². The molecular weight excluding hydrogens is 268 g/mol. The number of ether oxygens (including phenoxy) is 1. The maximum atomic E-state index is 11.9. The highest BCUT2D eigenvalue weighted by molar-refractivity contribution is 5.95.